The standard InChI is InChI=1S/C25H22Cl2N4O3S.C2H4O2/c1-35(32,33)34-22-8-6-18(7-9-22)25(23-29-10-3-11-31(23)24(28)30-25)19-5-2-4-16(12-19)17-13-20(26)15-21(27)14-17;1-2(3)4/h2,4-9,12-15H,3,10-11H2,1H3,(H2,28,30);1H3,(H,3,4). The second-order valence-electron chi connectivity index (χ2n) is 8.96. The number of halogens is 2. The smallest absolute Gasteiger partial charge is 0.306 e. The Labute approximate surface area is 236 Å². The number of nitrogens with two attached hydrogens (primary N) is 1. The van der Waals surface area contributed by atoms with Crippen molar-refractivity contribution in [1.29, 1.82) is 0 Å². The number of aliphatic imine (C=N–C) groups is 2. The van der Waals surface area contributed by atoms with E-state index in [1.54, 1.807) is 30.3 Å². The van der Waals surface area contributed by atoms with Gasteiger partial charge < -0.3 is 15.0 Å². The molecule has 0 aliphatic carbocycles. The van der Waals surface area contributed by atoms with Gasteiger partial charge in [-0.15, -0.1) is 0 Å². The highest BCUT2D eigenvalue weighted by Crippen LogP contribution is 2.43. The third kappa shape index (κ3) is 6.35. The van der Waals surface area contributed by atoms with Crippen LogP contribution in [0.15, 0.2) is 76.7 Å². The zero-order valence-electron chi connectivity index (χ0n) is 21.1. The van der Waals surface area contributed by atoms with Crippen LogP contribution in [-0.2, 0) is 20.5 Å². The summed E-state index contributed by atoms with van der Waals surface area (Å²) in [6.45, 7) is 2.46. The van der Waals surface area contributed by atoms with Crippen molar-refractivity contribution in [3.05, 3.63) is 87.9 Å². The van der Waals surface area contributed by atoms with Crippen LogP contribution >= 0.6 is 23.2 Å². The van der Waals surface area contributed by atoms with Gasteiger partial charge in [-0.2, -0.15) is 8.42 Å². The number of fused-ring (bicyclic) bond motifs is 1. The summed E-state index contributed by atoms with van der Waals surface area (Å²) in [5.41, 5.74) is 8.81. The van der Waals surface area contributed by atoms with Gasteiger partial charge in [-0.3, -0.25) is 14.7 Å². The number of rotatable bonds is 5. The molecule has 0 radical (unpaired) electrons. The molecule has 204 valence electrons. The summed E-state index contributed by atoms with van der Waals surface area (Å²) in [7, 11) is -3.65. The summed E-state index contributed by atoms with van der Waals surface area (Å²) in [5, 5.41) is 8.50. The first-order chi connectivity index (χ1) is 18.4. The monoisotopic (exact) mass is 588 g/mol. The van der Waals surface area contributed by atoms with Crippen molar-refractivity contribution >= 4 is 51.1 Å². The number of guanidine groups is 1. The Bertz CT molecular complexity index is 1550. The van der Waals surface area contributed by atoms with Gasteiger partial charge in [0, 0.05) is 30.1 Å². The highest BCUT2D eigenvalue weighted by atomic mass is 35.5. The van der Waals surface area contributed by atoms with Crippen LogP contribution in [0.3, 0.4) is 0 Å². The zero-order valence-corrected chi connectivity index (χ0v) is 23.5. The van der Waals surface area contributed by atoms with Gasteiger partial charge in [0.25, 0.3) is 5.97 Å². The summed E-state index contributed by atoms with van der Waals surface area (Å²) >= 11 is 12.5. The maximum atomic E-state index is 11.6. The predicted octanol–water partition coefficient (Wildman–Crippen LogP) is 4.77. The molecule has 0 aromatic heterocycles. The van der Waals surface area contributed by atoms with Crippen LogP contribution in [-0.4, -0.2) is 55.5 Å². The summed E-state index contributed by atoms with van der Waals surface area (Å²) < 4.78 is 28.2. The molecule has 39 heavy (non-hydrogen) atoms. The van der Waals surface area contributed by atoms with E-state index >= 15 is 0 Å². The molecular weight excluding hydrogens is 563 g/mol. The molecule has 9 nitrogen and oxygen atoms in total. The molecule has 1 atom stereocenters. The number of benzene rings is 3. The minimum absolute atomic E-state index is 0.214. The van der Waals surface area contributed by atoms with E-state index < -0.39 is 21.6 Å². The van der Waals surface area contributed by atoms with Crippen molar-refractivity contribution in [3.63, 3.8) is 0 Å². The van der Waals surface area contributed by atoms with Crippen LogP contribution in [0, 0.1) is 0 Å². The van der Waals surface area contributed by atoms with Gasteiger partial charge in [0.2, 0.25) is 0 Å². The van der Waals surface area contributed by atoms with Gasteiger partial charge in [0.15, 0.2) is 11.5 Å². The minimum atomic E-state index is -3.65. The highest BCUT2D eigenvalue weighted by molar-refractivity contribution is 7.86. The number of carboxylic acids is 1. The Morgan fingerprint density at radius 1 is 1.03 bits per heavy atom. The molecule has 0 spiro atoms. The molecule has 0 amide bonds. The first-order valence-electron chi connectivity index (χ1n) is 11.8. The highest BCUT2D eigenvalue weighted by Gasteiger charge is 2.49. The van der Waals surface area contributed by atoms with E-state index in [1.165, 1.54) is 0 Å². The van der Waals surface area contributed by atoms with E-state index in [1.807, 2.05) is 41.3 Å². The predicted molar refractivity (Wildman–Crippen MR) is 153 cm³/mol. The van der Waals surface area contributed by atoms with E-state index in [0.29, 0.717) is 22.5 Å². The number of aliphatic carboxylic acids is 1. The summed E-state index contributed by atoms with van der Waals surface area (Å²) in [5.74, 6) is 0.501. The van der Waals surface area contributed by atoms with E-state index in [0.717, 1.165) is 54.2 Å². The van der Waals surface area contributed by atoms with Crippen molar-refractivity contribution in [1.82, 2.24) is 4.90 Å². The molecule has 12 heteroatoms. The fourth-order valence-corrected chi connectivity index (χ4v) is 5.53. The number of amidine groups is 1. The molecule has 0 bridgehead atoms. The molecule has 0 fully saturated rings. The van der Waals surface area contributed by atoms with Gasteiger partial charge in [0.05, 0.1) is 6.26 Å². The fourth-order valence-electron chi connectivity index (χ4n) is 4.54. The van der Waals surface area contributed by atoms with E-state index in [9.17, 15) is 8.42 Å². The quantitative estimate of drug-likeness (QED) is 0.410. The topological polar surface area (TPSA) is 135 Å². The molecule has 3 N–H and O–H groups in total. The average molecular weight is 590 g/mol. The second kappa shape index (κ2) is 11.3. The molecule has 2 heterocycles. The lowest BCUT2D eigenvalue weighted by molar-refractivity contribution is -0.134. The third-order valence-electron chi connectivity index (χ3n) is 5.94. The number of carbonyl (C=O) groups is 1. The maximum absolute atomic E-state index is 11.6. The normalized spacial score (nSPS) is 18.3. The van der Waals surface area contributed by atoms with Gasteiger partial charge in [-0.05, 0) is 65.1 Å². The lowest BCUT2D eigenvalue weighted by Crippen LogP contribution is -2.46. The van der Waals surface area contributed by atoms with Crippen molar-refractivity contribution in [3.8, 4) is 16.9 Å². The SMILES string of the molecule is CC(=O)O.CS(=O)(=O)Oc1ccc(C2(c3cccc(-c4cc(Cl)cc(Cl)c4)c3)N=C(N)N3CCCN=C32)cc1. The van der Waals surface area contributed by atoms with Gasteiger partial charge in [0.1, 0.15) is 11.6 Å². The lowest BCUT2D eigenvalue weighted by atomic mass is 9.81. The minimum Gasteiger partial charge on any atom is -0.481 e. The van der Waals surface area contributed by atoms with Crippen LogP contribution in [0.1, 0.15) is 24.5 Å². The number of hydrogen-bond donors (Lipinski definition) is 2. The summed E-state index contributed by atoms with van der Waals surface area (Å²) in [6.07, 6.45) is 1.88. The third-order valence-corrected chi connectivity index (χ3v) is 6.87. The molecule has 2 aliphatic rings. The largest absolute Gasteiger partial charge is 0.481 e. The Morgan fingerprint density at radius 2 is 1.67 bits per heavy atom. The number of hydrogen-bond acceptors (Lipinski definition) is 8. The Hall–Kier alpha value is -3.60. The van der Waals surface area contributed by atoms with Crippen molar-refractivity contribution in [2.45, 2.75) is 18.9 Å². The van der Waals surface area contributed by atoms with Crippen LogP contribution < -0.4 is 9.92 Å². The van der Waals surface area contributed by atoms with Crippen LogP contribution in [0.2, 0.25) is 10.0 Å². The molecule has 5 rings (SSSR count). The molecular formula is C27H26Cl2N4O5S. The van der Waals surface area contributed by atoms with Crippen LogP contribution in [0.5, 0.6) is 5.75 Å². The molecule has 3 aromatic carbocycles. The van der Waals surface area contributed by atoms with Gasteiger partial charge in [-0.25, -0.2) is 4.99 Å². The second-order valence-corrected chi connectivity index (χ2v) is 11.4. The number of carboxylic acid groups (broad SMARTS) is 1. The first kappa shape index (κ1) is 28.4. The van der Waals surface area contributed by atoms with Crippen LogP contribution in [0.25, 0.3) is 11.1 Å². The van der Waals surface area contributed by atoms with E-state index in [-0.39, 0.29) is 5.75 Å². The summed E-state index contributed by atoms with van der Waals surface area (Å²) in [4.78, 5) is 20.7. The Balaban J connectivity index is 0.000000826. The molecule has 0 saturated carbocycles. The van der Waals surface area contributed by atoms with Crippen molar-refractivity contribution in [2.24, 2.45) is 15.7 Å². The van der Waals surface area contributed by atoms with Crippen molar-refractivity contribution < 1.29 is 22.5 Å². The average Bonchev–Trinajstić information content (AvgIpc) is 3.16. The fraction of sp³-hybridized carbons (Fsp3) is 0.222. The van der Waals surface area contributed by atoms with Crippen LogP contribution in [0.4, 0.5) is 0 Å². The Morgan fingerprint density at radius 3 is 2.28 bits per heavy atom. The van der Waals surface area contributed by atoms with E-state index in [4.69, 9.17) is 53.0 Å². The molecule has 2 aliphatic heterocycles. The molecule has 0 saturated heterocycles. The maximum Gasteiger partial charge on any atom is 0.306 e. The number of nitrogens with zero attached hydrogens (tertiary/aromatic N) is 3. The molecule has 3 aromatic rings. The van der Waals surface area contributed by atoms with E-state index in [2.05, 4.69) is 0 Å². The summed E-state index contributed by atoms with van der Waals surface area (Å²) in [6, 6.07) is 20.1. The van der Waals surface area contributed by atoms with Gasteiger partial charge >= 0.3 is 10.1 Å². The Kier molecular flexibility index (Phi) is 8.20. The van der Waals surface area contributed by atoms with Gasteiger partial charge in [-0.1, -0.05) is 53.5 Å². The lowest BCUT2D eigenvalue weighted by Gasteiger charge is -2.33. The first-order valence-corrected chi connectivity index (χ1v) is 14.4. The van der Waals surface area contributed by atoms with Crippen molar-refractivity contribution in [2.75, 3.05) is 19.3 Å². The molecule has 1 unspecified atom stereocenters. The zero-order chi connectivity index (χ0) is 28.4.